The Hall–Kier alpha value is -3.26. The Bertz CT molecular complexity index is 1130. The SMILES string of the molecule is C=CCSC1=NN2C(=c3ccccc3=N[C@H]2c2cc(OC)ccc2OC)C(=O)N1. The highest BCUT2D eigenvalue weighted by Crippen LogP contribution is 2.37. The number of para-hydroxylation sites is 1. The molecule has 0 saturated heterocycles. The number of amidine groups is 1. The summed E-state index contributed by atoms with van der Waals surface area (Å²) in [5.74, 6) is 1.71. The van der Waals surface area contributed by atoms with E-state index in [1.807, 2.05) is 42.5 Å². The Morgan fingerprint density at radius 3 is 2.83 bits per heavy atom. The average Bonchev–Trinajstić information content (AvgIpc) is 2.76. The van der Waals surface area contributed by atoms with E-state index in [-0.39, 0.29) is 5.91 Å². The molecule has 148 valence electrons. The van der Waals surface area contributed by atoms with Crippen LogP contribution >= 0.6 is 11.8 Å². The number of rotatable bonds is 5. The second kappa shape index (κ2) is 8.00. The highest BCUT2D eigenvalue weighted by Gasteiger charge is 2.35. The first-order valence-corrected chi connectivity index (χ1v) is 9.97. The lowest BCUT2D eigenvalue weighted by molar-refractivity contribution is -0.116. The number of ether oxygens (including phenoxy) is 2. The van der Waals surface area contributed by atoms with Gasteiger partial charge in [-0.1, -0.05) is 36.0 Å². The monoisotopic (exact) mass is 408 g/mol. The number of carbonyl (C=O) groups excluding carboxylic acids is 1. The van der Waals surface area contributed by atoms with Gasteiger partial charge in [-0.25, -0.2) is 5.01 Å². The van der Waals surface area contributed by atoms with Crippen molar-refractivity contribution >= 4 is 28.5 Å². The van der Waals surface area contributed by atoms with Crippen LogP contribution in [0.1, 0.15) is 11.7 Å². The van der Waals surface area contributed by atoms with Gasteiger partial charge < -0.3 is 9.47 Å². The molecule has 29 heavy (non-hydrogen) atoms. The van der Waals surface area contributed by atoms with Crippen molar-refractivity contribution in [2.45, 2.75) is 6.17 Å². The first kappa shape index (κ1) is 19.1. The van der Waals surface area contributed by atoms with Gasteiger partial charge in [0.2, 0.25) is 0 Å². The number of nitrogens with zero attached hydrogens (tertiary/aromatic N) is 3. The van der Waals surface area contributed by atoms with Gasteiger partial charge in [0.05, 0.1) is 19.6 Å². The number of fused-ring (bicyclic) bond motifs is 2. The van der Waals surface area contributed by atoms with Gasteiger partial charge >= 0.3 is 0 Å². The molecule has 0 saturated carbocycles. The van der Waals surface area contributed by atoms with E-state index in [0.717, 1.165) is 16.1 Å². The number of amides is 1. The van der Waals surface area contributed by atoms with E-state index in [0.29, 0.717) is 28.1 Å². The highest BCUT2D eigenvalue weighted by molar-refractivity contribution is 8.14. The minimum atomic E-state index is -0.574. The molecule has 1 N–H and O–H groups in total. The van der Waals surface area contributed by atoms with E-state index >= 15 is 0 Å². The molecule has 1 atom stereocenters. The molecule has 0 spiro atoms. The number of hydrogen-bond acceptors (Lipinski definition) is 7. The van der Waals surface area contributed by atoms with E-state index in [2.05, 4.69) is 17.0 Å². The number of nitrogens with one attached hydrogen (secondary N) is 1. The van der Waals surface area contributed by atoms with Crippen molar-refractivity contribution in [3.05, 3.63) is 71.3 Å². The maximum Gasteiger partial charge on any atom is 0.276 e. The topological polar surface area (TPSA) is 75.5 Å². The summed E-state index contributed by atoms with van der Waals surface area (Å²) in [4.78, 5) is 17.9. The van der Waals surface area contributed by atoms with Gasteiger partial charge in [-0.2, -0.15) is 0 Å². The fourth-order valence-electron chi connectivity index (χ4n) is 3.27. The van der Waals surface area contributed by atoms with Crippen molar-refractivity contribution < 1.29 is 14.3 Å². The van der Waals surface area contributed by atoms with Gasteiger partial charge in [-0.05, 0) is 24.3 Å². The normalized spacial score (nSPS) is 17.4. The van der Waals surface area contributed by atoms with Crippen molar-refractivity contribution in [3.63, 3.8) is 0 Å². The second-order valence-corrected chi connectivity index (χ2v) is 7.29. The predicted octanol–water partition coefficient (Wildman–Crippen LogP) is 1.77. The van der Waals surface area contributed by atoms with Crippen LogP contribution in [-0.4, -0.2) is 36.1 Å². The van der Waals surface area contributed by atoms with Crippen molar-refractivity contribution in [2.24, 2.45) is 10.1 Å². The van der Waals surface area contributed by atoms with Crippen LogP contribution in [0.2, 0.25) is 0 Å². The fourth-order valence-corrected chi connectivity index (χ4v) is 3.86. The van der Waals surface area contributed by atoms with Gasteiger partial charge in [-0.3, -0.25) is 15.1 Å². The molecule has 2 aliphatic heterocycles. The zero-order valence-corrected chi connectivity index (χ0v) is 16.9. The molecule has 7 nitrogen and oxygen atoms in total. The second-order valence-electron chi connectivity index (χ2n) is 6.28. The molecule has 1 amide bonds. The molecule has 0 fully saturated rings. The van der Waals surface area contributed by atoms with Crippen LogP contribution < -0.4 is 25.4 Å². The molecule has 0 bridgehead atoms. The van der Waals surface area contributed by atoms with Crippen molar-refractivity contribution in [3.8, 4) is 11.5 Å². The minimum absolute atomic E-state index is 0.222. The summed E-state index contributed by atoms with van der Waals surface area (Å²) < 4.78 is 11.0. The number of hydrogen-bond donors (Lipinski definition) is 1. The molecular formula is C21H20N4O3S. The summed E-state index contributed by atoms with van der Waals surface area (Å²) in [7, 11) is 3.21. The molecule has 0 unspecified atom stereocenters. The van der Waals surface area contributed by atoms with Gasteiger partial charge in [0.15, 0.2) is 11.3 Å². The van der Waals surface area contributed by atoms with Crippen LogP contribution in [0, 0.1) is 0 Å². The Balaban J connectivity index is 1.94. The maximum absolute atomic E-state index is 13.0. The molecular weight excluding hydrogens is 388 g/mol. The number of methoxy groups -OCH3 is 2. The van der Waals surface area contributed by atoms with E-state index in [1.54, 1.807) is 25.3 Å². The van der Waals surface area contributed by atoms with Crippen LogP contribution in [0.3, 0.4) is 0 Å². The standard InChI is InChI=1S/C21H20N4O3S/c1-4-11-29-21-23-20(26)18-14-7-5-6-8-16(14)22-19(25(18)24-21)15-12-13(27-2)9-10-17(15)28-3/h4-10,12,19H,1,11H2,2-3H3,(H,23,24,26)/t19-/m1/s1. The Morgan fingerprint density at radius 2 is 2.07 bits per heavy atom. The lowest BCUT2D eigenvalue weighted by Gasteiger charge is -2.34. The molecule has 0 radical (unpaired) electrons. The summed E-state index contributed by atoms with van der Waals surface area (Å²) in [5, 5.41) is 11.2. The molecule has 4 rings (SSSR count). The third-order valence-electron chi connectivity index (χ3n) is 4.57. The number of benzene rings is 2. The number of hydrazone groups is 1. The van der Waals surface area contributed by atoms with Gasteiger partial charge in [0, 0.05) is 16.5 Å². The van der Waals surface area contributed by atoms with Crippen LogP contribution in [-0.2, 0) is 4.79 Å². The summed E-state index contributed by atoms with van der Waals surface area (Å²) in [6.45, 7) is 3.72. The molecule has 2 heterocycles. The average molecular weight is 408 g/mol. The minimum Gasteiger partial charge on any atom is -0.497 e. The van der Waals surface area contributed by atoms with Crippen LogP contribution in [0.15, 0.2) is 65.2 Å². The summed E-state index contributed by atoms with van der Waals surface area (Å²) >= 11 is 1.40. The molecule has 0 aliphatic carbocycles. The van der Waals surface area contributed by atoms with Crippen LogP contribution in [0.25, 0.3) is 5.70 Å². The molecule has 2 aromatic carbocycles. The molecule has 2 aliphatic rings. The molecule has 2 aromatic rings. The van der Waals surface area contributed by atoms with E-state index in [4.69, 9.17) is 14.5 Å². The summed E-state index contributed by atoms with van der Waals surface area (Å²) in [6.07, 6.45) is 1.19. The van der Waals surface area contributed by atoms with Gasteiger partial charge in [-0.15, -0.1) is 11.7 Å². The smallest absolute Gasteiger partial charge is 0.276 e. The lowest BCUT2D eigenvalue weighted by atomic mass is 10.1. The third kappa shape index (κ3) is 3.47. The molecule has 0 aromatic heterocycles. The van der Waals surface area contributed by atoms with E-state index < -0.39 is 6.17 Å². The number of carbonyl (C=O) groups is 1. The summed E-state index contributed by atoms with van der Waals surface area (Å²) in [6, 6.07) is 13.0. The van der Waals surface area contributed by atoms with Crippen molar-refractivity contribution in [2.75, 3.05) is 20.0 Å². The lowest BCUT2D eigenvalue weighted by Crippen LogP contribution is -2.50. The Morgan fingerprint density at radius 1 is 1.24 bits per heavy atom. The first-order valence-electron chi connectivity index (χ1n) is 8.98. The zero-order chi connectivity index (χ0) is 20.4. The number of thioether (sulfide) groups is 1. The van der Waals surface area contributed by atoms with E-state index in [9.17, 15) is 4.79 Å². The van der Waals surface area contributed by atoms with E-state index in [1.165, 1.54) is 11.8 Å². The summed E-state index contributed by atoms with van der Waals surface area (Å²) in [5.41, 5.74) is 1.21. The van der Waals surface area contributed by atoms with Crippen LogP contribution in [0.4, 0.5) is 0 Å². The maximum atomic E-state index is 13.0. The zero-order valence-electron chi connectivity index (χ0n) is 16.1. The highest BCUT2D eigenvalue weighted by atomic mass is 32.2. The Labute approximate surface area is 172 Å². The fraction of sp³-hybridized carbons (Fsp3) is 0.190. The first-order chi connectivity index (χ1) is 14.2. The van der Waals surface area contributed by atoms with Crippen LogP contribution in [0.5, 0.6) is 11.5 Å². The van der Waals surface area contributed by atoms with Crippen molar-refractivity contribution in [1.29, 1.82) is 0 Å². The van der Waals surface area contributed by atoms with Gasteiger partial charge in [0.1, 0.15) is 17.2 Å². The quantitative estimate of drug-likeness (QED) is 0.763. The predicted molar refractivity (Wildman–Crippen MR) is 113 cm³/mol. The van der Waals surface area contributed by atoms with Crippen molar-refractivity contribution in [1.82, 2.24) is 10.3 Å². The third-order valence-corrected chi connectivity index (χ3v) is 5.43. The largest absolute Gasteiger partial charge is 0.497 e. The van der Waals surface area contributed by atoms with Gasteiger partial charge in [0.25, 0.3) is 5.91 Å². The Kier molecular flexibility index (Phi) is 5.26. The molecule has 8 heteroatoms.